The van der Waals surface area contributed by atoms with Gasteiger partial charge in [0.2, 0.25) is 0 Å². The van der Waals surface area contributed by atoms with Gasteiger partial charge in [0.25, 0.3) is 0 Å². The molecule has 0 aliphatic heterocycles. The minimum Gasteiger partial charge on any atom is -0.484 e. The maximum absolute atomic E-state index is 12.0. The third-order valence-corrected chi connectivity index (χ3v) is 2.85. The van der Waals surface area contributed by atoms with Crippen molar-refractivity contribution < 1.29 is 17.9 Å². The van der Waals surface area contributed by atoms with Gasteiger partial charge in [-0.2, -0.15) is 13.2 Å². The third kappa shape index (κ3) is 5.85. The summed E-state index contributed by atoms with van der Waals surface area (Å²) in [5.41, 5.74) is 0.889. The molecule has 0 heterocycles. The summed E-state index contributed by atoms with van der Waals surface area (Å²) in [4.78, 5) is 0. The van der Waals surface area contributed by atoms with E-state index in [9.17, 15) is 13.2 Å². The van der Waals surface area contributed by atoms with Crippen molar-refractivity contribution in [2.45, 2.75) is 39.4 Å². The van der Waals surface area contributed by atoms with Crippen LogP contribution in [0, 0.1) is 5.92 Å². The van der Waals surface area contributed by atoms with E-state index in [1.165, 1.54) is 0 Å². The highest BCUT2D eigenvalue weighted by Gasteiger charge is 2.28. The molecule has 0 spiro atoms. The average molecular weight is 275 g/mol. The number of hydrogen-bond donors (Lipinski definition) is 1. The van der Waals surface area contributed by atoms with E-state index in [4.69, 9.17) is 0 Å². The van der Waals surface area contributed by atoms with Gasteiger partial charge in [-0.1, -0.05) is 20.8 Å². The molecule has 0 bridgehead atoms. The Morgan fingerprint density at radius 2 is 1.74 bits per heavy atom. The summed E-state index contributed by atoms with van der Waals surface area (Å²) < 4.78 is 40.6. The first-order valence-corrected chi connectivity index (χ1v) is 6.38. The van der Waals surface area contributed by atoms with Crippen molar-refractivity contribution >= 4 is 5.69 Å². The summed E-state index contributed by atoms with van der Waals surface area (Å²) in [6.45, 7) is 5.09. The summed E-state index contributed by atoms with van der Waals surface area (Å²) in [5.74, 6) is 0.714. The summed E-state index contributed by atoms with van der Waals surface area (Å²) in [5, 5.41) is 3.35. The van der Waals surface area contributed by atoms with Crippen LogP contribution in [0.25, 0.3) is 0 Å². The van der Waals surface area contributed by atoms with Gasteiger partial charge < -0.3 is 10.1 Å². The van der Waals surface area contributed by atoms with Gasteiger partial charge in [0, 0.05) is 11.7 Å². The van der Waals surface area contributed by atoms with Crippen molar-refractivity contribution in [3.63, 3.8) is 0 Å². The fourth-order valence-electron chi connectivity index (χ4n) is 1.77. The zero-order valence-corrected chi connectivity index (χ0v) is 11.4. The first kappa shape index (κ1) is 15.7. The Balaban J connectivity index is 2.56. The fourth-order valence-corrected chi connectivity index (χ4v) is 1.77. The third-order valence-electron chi connectivity index (χ3n) is 2.85. The van der Waals surface area contributed by atoms with Crippen LogP contribution >= 0.6 is 0 Å². The van der Waals surface area contributed by atoms with Gasteiger partial charge in [-0.3, -0.25) is 0 Å². The van der Waals surface area contributed by atoms with E-state index in [0.29, 0.717) is 12.0 Å². The number of halogens is 3. The minimum atomic E-state index is -4.30. The largest absolute Gasteiger partial charge is 0.484 e. The zero-order chi connectivity index (χ0) is 14.5. The number of benzene rings is 1. The van der Waals surface area contributed by atoms with Crippen LogP contribution in [-0.4, -0.2) is 18.8 Å². The van der Waals surface area contributed by atoms with Crippen LogP contribution in [0.3, 0.4) is 0 Å². The number of hydrogen-bond acceptors (Lipinski definition) is 2. The second-order valence-corrected chi connectivity index (χ2v) is 4.83. The highest BCUT2D eigenvalue weighted by molar-refractivity contribution is 5.47. The van der Waals surface area contributed by atoms with Crippen molar-refractivity contribution in [2.24, 2.45) is 5.92 Å². The first-order valence-electron chi connectivity index (χ1n) is 6.38. The molecule has 5 heteroatoms. The van der Waals surface area contributed by atoms with Crippen LogP contribution in [0.4, 0.5) is 18.9 Å². The normalized spacial score (nSPS) is 13.4. The molecule has 1 aromatic carbocycles. The predicted octanol–water partition coefficient (Wildman–Crippen LogP) is 4.47. The molecule has 0 saturated carbocycles. The molecule has 0 aromatic heterocycles. The van der Waals surface area contributed by atoms with E-state index in [1.54, 1.807) is 24.3 Å². The van der Waals surface area contributed by atoms with Crippen LogP contribution in [0.5, 0.6) is 5.75 Å². The van der Waals surface area contributed by atoms with Crippen LogP contribution in [0.1, 0.15) is 27.2 Å². The predicted molar refractivity (Wildman–Crippen MR) is 70.5 cm³/mol. The smallest absolute Gasteiger partial charge is 0.422 e. The van der Waals surface area contributed by atoms with Gasteiger partial charge >= 0.3 is 6.18 Å². The van der Waals surface area contributed by atoms with E-state index in [-0.39, 0.29) is 5.75 Å². The molecule has 1 N–H and O–H groups in total. The van der Waals surface area contributed by atoms with Crippen LogP contribution in [0.15, 0.2) is 24.3 Å². The Kier molecular flexibility index (Phi) is 5.51. The number of nitrogens with one attached hydrogen (secondary N) is 1. The zero-order valence-electron chi connectivity index (χ0n) is 11.4. The molecule has 1 rings (SSSR count). The van der Waals surface area contributed by atoms with Gasteiger partial charge in [-0.25, -0.2) is 0 Å². The van der Waals surface area contributed by atoms with Crippen molar-refractivity contribution in [1.82, 2.24) is 0 Å². The Labute approximate surface area is 112 Å². The minimum absolute atomic E-state index is 0.223. The van der Waals surface area contributed by atoms with Gasteiger partial charge in [0.1, 0.15) is 5.75 Å². The van der Waals surface area contributed by atoms with Crippen molar-refractivity contribution in [3.05, 3.63) is 24.3 Å². The van der Waals surface area contributed by atoms with Gasteiger partial charge in [-0.05, 0) is 36.6 Å². The SMILES string of the molecule is CCC(Nc1ccc(OCC(F)(F)F)cc1)C(C)C. The van der Waals surface area contributed by atoms with Crippen molar-refractivity contribution in [1.29, 1.82) is 0 Å². The van der Waals surface area contributed by atoms with E-state index in [2.05, 4.69) is 30.8 Å². The average Bonchev–Trinajstić information content (AvgIpc) is 2.33. The molecule has 0 saturated heterocycles. The molecule has 2 nitrogen and oxygen atoms in total. The molecule has 1 unspecified atom stereocenters. The highest BCUT2D eigenvalue weighted by atomic mass is 19.4. The molecule has 1 atom stereocenters. The molecule has 0 radical (unpaired) electrons. The lowest BCUT2D eigenvalue weighted by Crippen LogP contribution is -2.24. The van der Waals surface area contributed by atoms with Crippen molar-refractivity contribution in [3.8, 4) is 5.75 Å². The molecule has 108 valence electrons. The topological polar surface area (TPSA) is 21.3 Å². The number of rotatable bonds is 6. The molecule has 0 aliphatic rings. The fraction of sp³-hybridized carbons (Fsp3) is 0.571. The van der Waals surface area contributed by atoms with E-state index < -0.39 is 12.8 Å². The Morgan fingerprint density at radius 3 is 2.16 bits per heavy atom. The monoisotopic (exact) mass is 275 g/mol. The van der Waals surface area contributed by atoms with E-state index >= 15 is 0 Å². The molecular weight excluding hydrogens is 255 g/mol. The molecule has 19 heavy (non-hydrogen) atoms. The van der Waals surface area contributed by atoms with Gasteiger partial charge in [-0.15, -0.1) is 0 Å². The molecule has 0 aliphatic carbocycles. The summed E-state index contributed by atoms with van der Waals surface area (Å²) in [7, 11) is 0. The first-order chi connectivity index (χ1) is 8.81. The highest BCUT2D eigenvalue weighted by Crippen LogP contribution is 2.21. The quantitative estimate of drug-likeness (QED) is 0.826. The lowest BCUT2D eigenvalue weighted by atomic mass is 10.0. The van der Waals surface area contributed by atoms with Crippen LogP contribution in [0.2, 0.25) is 0 Å². The lowest BCUT2D eigenvalue weighted by Gasteiger charge is -2.22. The lowest BCUT2D eigenvalue weighted by molar-refractivity contribution is -0.153. The summed E-state index contributed by atoms with van der Waals surface area (Å²) >= 11 is 0. The number of anilines is 1. The maximum Gasteiger partial charge on any atom is 0.422 e. The molecule has 0 fully saturated rings. The molecule has 1 aromatic rings. The summed E-state index contributed by atoms with van der Waals surface area (Å²) in [6, 6.07) is 6.90. The second kappa shape index (κ2) is 6.68. The molecule has 0 amide bonds. The number of ether oxygens (including phenoxy) is 1. The van der Waals surface area contributed by atoms with Crippen LogP contribution in [-0.2, 0) is 0 Å². The maximum atomic E-state index is 12.0. The Hall–Kier alpha value is -1.39. The Bertz CT molecular complexity index is 373. The van der Waals surface area contributed by atoms with Crippen LogP contribution < -0.4 is 10.1 Å². The Morgan fingerprint density at radius 1 is 1.16 bits per heavy atom. The molecular formula is C14H20F3NO. The van der Waals surface area contributed by atoms with Gasteiger partial charge in [0.05, 0.1) is 0 Å². The number of alkyl halides is 3. The summed E-state index contributed by atoms with van der Waals surface area (Å²) in [6.07, 6.45) is -3.31. The van der Waals surface area contributed by atoms with Crippen molar-refractivity contribution in [2.75, 3.05) is 11.9 Å². The van der Waals surface area contributed by atoms with E-state index in [0.717, 1.165) is 12.1 Å². The standard InChI is InChI=1S/C14H20F3NO/c1-4-13(10(2)3)18-11-5-7-12(8-6-11)19-9-14(15,16)17/h5-8,10,13,18H,4,9H2,1-3H3. The van der Waals surface area contributed by atoms with Gasteiger partial charge in [0.15, 0.2) is 6.61 Å². The second-order valence-electron chi connectivity index (χ2n) is 4.83. The van der Waals surface area contributed by atoms with E-state index in [1.807, 2.05) is 0 Å².